The average molecular weight is 213 g/mol. The summed E-state index contributed by atoms with van der Waals surface area (Å²) < 4.78 is 22.8. The number of rotatable bonds is 3. The zero-order chi connectivity index (χ0) is 10.8. The Labute approximate surface area is 85.1 Å². The first-order chi connectivity index (χ1) is 6.47. The molecule has 3 nitrogen and oxygen atoms in total. The van der Waals surface area contributed by atoms with E-state index in [1.165, 1.54) is 0 Å². The Morgan fingerprint density at radius 1 is 1.36 bits per heavy atom. The van der Waals surface area contributed by atoms with E-state index in [-0.39, 0.29) is 10.8 Å². The van der Waals surface area contributed by atoms with Crippen molar-refractivity contribution in [2.24, 2.45) is 0 Å². The molecule has 0 aliphatic heterocycles. The molecule has 0 aromatic carbocycles. The van der Waals surface area contributed by atoms with E-state index in [0.717, 1.165) is 5.56 Å². The molecule has 78 valence electrons. The third kappa shape index (κ3) is 2.32. The van der Waals surface area contributed by atoms with Gasteiger partial charge in [0, 0.05) is 6.20 Å². The molecule has 0 spiro atoms. The number of aromatic nitrogens is 1. The molecule has 1 aromatic heterocycles. The van der Waals surface area contributed by atoms with E-state index < -0.39 is 9.84 Å². The molecule has 4 heteroatoms. The predicted octanol–water partition coefficient (Wildman–Crippen LogP) is 2.00. The maximum atomic E-state index is 11.4. The van der Waals surface area contributed by atoms with Gasteiger partial charge in [0.25, 0.3) is 0 Å². The van der Waals surface area contributed by atoms with Crippen LogP contribution in [-0.2, 0) is 9.84 Å². The van der Waals surface area contributed by atoms with Crippen molar-refractivity contribution in [2.75, 3.05) is 5.75 Å². The zero-order valence-corrected chi connectivity index (χ0v) is 9.50. The lowest BCUT2D eigenvalue weighted by Crippen LogP contribution is -2.06. The van der Waals surface area contributed by atoms with Crippen molar-refractivity contribution >= 4 is 9.84 Å². The van der Waals surface area contributed by atoms with Gasteiger partial charge in [0.15, 0.2) is 14.9 Å². The number of sulfone groups is 1. The molecule has 1 heterocycles. The molecule has 0 unspecified atom stereocenters. The molecule has 0 N–H and O–H groups in total. The average Bonchev–Trinajstić information content (AvgIpc) is 2.18. The lowest BCUT2D eigenvalue weighted by Gasteiger charge is -2.05. The van der Waals surface area contributed by atoms with Crippen molar-refractivity contribution in [3.05, 3.63) is 23.9 Å². The fourth-order valence-electron chi connectivity index (χ4n) is 1.07. The molecule has 14 heavy (non-hydrogen) atoms. The molecule has 0 radical (unpaired) electrons. The Balaban J connectivity index is 3.06. The van der Waals surface area contributed by atoms with E-state index in [1.807, 2.05) is 19.9 Å². The van der Waals surface area contributed by atoms with Crippen molar-refractivity contribution in [1.29, 1.82) is 0 Å². The van der Waals surface area contributed by atoms with Gasteiger partial charge in [-0.05, 0) is 17.5 Å². The van der Waals surface area contributed by atoms with Gasteiger partial charge in [-0.1, -0.05) is 26.8 Å². The summed E-state index contributed by atoms with van der Waals surface area (Å²) in [4.78, 5) is 3.95. The molecule has 0 aliphatic rings. The summed E-state index contributed by atoms with van der Waals surface area (Å²) in [6.45, 7) is 5.71. The van der Waals surface area contributed by atoms with Gasteiger partial charge < -0.3 is 0 Å². The maximum Gasteiger partial charge on any atom is 0.195 e. The molecule has 0 aliphatic carbocycles. The van der Waals surface area contributed by atoms with Gasteiger partial charge in [0.1, 0.15) is 0 Å². The van der Waals surface area contributed by atoms with Gasteiger partial charge >= 0.3 is 0 Å². The standard InChI is InChI=1S/C10H15NO2S/c1-4-14(12,13)10-6-5-9(7-11-10)8(2)3/h5-8H,4H2,1-3H3. The van der Waals surface area contributed by atoms with Crippen LogP contribution >= 0.6 is 0 Å². The smallest absolute Gasteiger partial charge is 0.195 e. The minimum absolute atomic E-state index is 0.0982. The minimum atomic E-state index is -3.15. The summed E-state index contributed by atoms with van der Waals surface area (Å²) in [7, 11) is -3.15. The highest BCUT2D eigenvalue weighted by molar-refractivity contribution is 7.91. The topological polar surface area (TPSA) is 47.0 Å². The van der Waals surface area contributed by atoms with Crippen LogP contribution in [0.4, 0.5) is 0 Å². The quantitative estimate of drug-likeness (QED) is 0.771. The molecule has 1 aromatic rings. The van der Waals surface area contributed by atoms with Crippen LogP contribution in [0.3, 0.4) is 0 Å². The SMILES string of the molecule is CCS(=O)(=O)c1ccc(C(C)C)cn1. The van der Waals surface area contributed by atoms with E-state index >= 15 is 0 Å². The first-order valence-corrected chi connectivity index (χ1v) is 6.31. The molecular formula is C10H15NO2S. The lowest BCUT2D eigenvalue weighted by molar-refractivity contribution is 0.593. The molecule has 0 atom stereocenters. The van der Waals surface area contributed by atoms with E-state index in [9.17, 15) is 8.42 Å². The molecular weight excluding hydrogens is 198 g/mol. The fraction of sp³-hybridized carbons (Fsp3) is 0.500. The zero-order valence-electron chi connectivity index (χ0n) is 8.69. The van der Waals surface area contributed by atoms with Crippen LogP contribution in [0.1, 0.15) is 32.3 Å². The predicted molar refractivity (Wildman–Crippen MR) is 56.1 cm³/mol. The number of nitrogens with zero attached hydrogens (tertiary/aromatic N) is 1. The van der Waals surface area contributed by atoms with E-state index in [0.29, 0.717) is 5.92 Å². The highest BCUT2D eigenvalue weighted by Gasteiger charge is 2.12. The molecule has 0 saturated carbocycles. The van der Waals surface area contributed by atoms with Crippen LogP contribution in [0.5, 0.6) is 0 Å². The van der Waals surface area contributed by atoms with Crippen molar-refractivity contribution in [3.63, 3.8) is 0 Å². The van der Waals surface area contributed by atoms with Gasteiger partial charge in [0.2, 0.25) is 0 Å². The van der Waals surface area contributed by atoms with E-state index in [1.54, 1.807) is 19.2 Å². The van der Waals surface area contributed by atoms with Crippen molar-refractivity contribution in [3.8, 4) is 0 Å². The van der Waals surface area contributed by atoms with Crippen LogP contribution in [-0.4, -0.2) is 19.2 Å². The first-order valence-electron chi connectivity index (χ1n) is 4.66. The van der Waals surface area contributed by atoms with Crippen molar-refractivity contribution < 1.29 is 8.42 Å². The largest absolute Gasteiger partial charge is 0.244 e. The van der Waals surface area contributed by atoms with Crippen molar-refractivity contribution in [2.45, 2.75) is 31.7 Å². The van der Waals surface area contributed by atoms with Crippen LogP contribution in [0.15, 0.2) is 23.4 Å². The van der Waals surface area contributed by atoms with Gasteiger partial charge in [-0.3, -0.25) is 0 Å². The highest BCUT2D eigenvalue weighted by Crippen LogP contribution is 2.15. The second-order valence-corrected chi connectivity index (χ2v) is 5.71. The third-order valence-electron chi connectivity index (χ3n) is 2.12. The Morgan fingerprint density at radius 2 is 2.00 bits per heavy atom. The van der Waals surface area contributed by atoms with Gasteiger partial charge in [0.05, 0.1) is 5.75 Å². The molecule has 0 fully saturated rings. The van der Waals surface area contributed by atoms with Gasteiger partial charge in [-0.25, -0.2) is 13.4 Å². The molecule has 0 amide bonds. The molecule has 0 saturated heterocycles. The van der Waals surface area contributed by atoms with Crippen molar-refractivity contribution in [1.82, 2.24) is 4.98 Å². The Morgan fingerprint density at radius 3 is 2.36 bits per heavy atom. The lowest BCUT2D eigenvalue weighted by atomic mass is 10.1. The van der Waals surface area contributed by atoms with Crippen LogP contribution in [0.2, 0.25) is 0 Å². The second-order valence-electron chi connectivity index (χ2n) is 3.49. The molecule has 0 bridgehead atoms. The Kier molecular flexibility index (Phi) is 3.26. The summed E-state index contributed by atoms with van der Waals surface area (Å²) >= 11 is 0. The highest BCUT2D eigenvalue weighted by atomic mass is 32.2. The monoisotopic (exact) mass is 213 g/mol. The molecule has 1 rings (SSSR count). The van der Waals surface area contributed by atoms with E-state index in [2.05, 4.69) is 4.98 Å². The summed E-state index contributed by atoms with van der Waals surface area (Å²) in [5.41, 5.74) is 1.06. The number of hydrogen-bond donors (Lipinski definition) is 0. The van der Waals surface area contributed by atoms with Crippen LogP contribution in [0.25, 0.3) is 0 Å². The number of hydrogen-bond acceptors (Lipinski definition) is 3. The number of pyridine rings is 1. The van der Waals surface area contributed by atoms with E-state index in [4.69, 9.17) is 0 Å². The fourth-order valence-corrected chi connectivity index (χ4v) is 1.85. The third-order valence-corrected chi connectivity index (χ3v) is 3.76. The Bertz CT molecular complexity index is 393. The Hall–Kier alpha value is -0.900. The van der Waals surface area contributed by atoms with Gasteiger partial charge in [-0.15, -0.1) is 0 Å². The second kappa shape index (κ2) is 4.09. The maximum absolute atomic E-state index is 11.4. The summed E-state index contributed by atoms with van der Waals surface area (Å²) in [5, 5.41) is 0.171. The van der Waals surface area contributed by atoms with Crippen LogP contribution in [0, 0.1) is 0 Å². The van der Waals surface area contributed by atoms with Crippen LogP contribution < -0.4 is 0 Å². The normalized spacial score (nSPS) is 12.0. The first kappa shape index (κ1) is 11.2. The van der Waals surface area contributed by atoms with Gasteiger partial charge in [-0.2, -0.15) is 0 Å². The summed E-state index contributed by atoms with van der Waals surface area (Å²) in [6.07, 6.45) is 1.63. The summed E-state index contributed by atoms with van der Waals surface area (Å²) in [5.74, 6) is 0.474. The minimum Gasteiger partial charge on any atom is -0.244 e. The summed E-state index contributed by atoms with van der Waals surface area (Å²) in [6, 6.07) is 3.40.